The first-order valence-electron chi connectivity index (χ1n) is 6.67. The standard InChI is InChI=1S/C14H22N2O/c1-2-9-15-13(17)12-16-10-7-14(8-11-16)5-3-4-6-14/h1H,3-12H2,(H,15,17). The van der Waals surface area contributed by atoms with Gasteiger partial charge in [0, 0.05) is 0 Å². The largest absolute Gasteiger partial charge is 0.344 e. The van der Waals surface area contributed by atoms with Gasteiger partial charge in [-0.05, 0) is 44.2 Å². The van der Waals surface area contributed by atoms with Crippen molar-refractivity contribution in [2.75, 3.05) is 26.2 Å². The molecule has 3 nitrogen and oxygen atoms in total. The highest BCUT2D eigenvalue weighted by Crippen LogP contribution is 2.45. The van der Waals surface area contributed by atoms with E-state index < -0.39 is 0 Å². The number of amides is 1. The van der Waals surface area contributed by atoms with Crippen molar-refractivity contribution in [2.24, 2.45) is 5.41 Å². The van der Waals surface area contributed by atoms with E-state index in [-0.39, 0.29) is 5.91 Å². The molecule has 94 valence electrons. The number of piperidine rings is 1. The van der Waals surface area contributed by atoms with Crippen LogP contribution in [0.4, 0.5) is 0 Å². The Bertz CT molecular complexity index is 303. The molecule has 17 heavy (non-hydrogen) atoms. The van der Waals surface area contributed by atoms with Crippen LogP contribution >= 0.6 is 0 Å². The first-order chi connectivity index (χ1) is 8.24. The Kier molecular flexibility index (Phi) is 4.06. The third-order valence-electron chi connectivity index (χ3n) is 4.34. The van der Waals surface area contributed by atoms with E-state index >= 15 is 0 Å². The van der Waals surface area contributed by atoms with Crippen LogP contribution < -0.4 is 5.32 Å². The van der Waals surface area contributed by atoms with Crippen LogP contribution in [0, 0.1) is 17.8 Å². The molecule has 1 saturated carbocycles. The van der Waals surface area contributed by atoms with Crippen molar-refractivity contribution < 1.29 is 4.79 Å². The lowest BCUT2D eigenvalue weighted by atomic mass is 9.77. The molecule has 0 aromatic heterocycles. The van der Waals surface area contributed by atoms with Gasteiger partial charge < -0.3 is 5.32 Å². The van der Waals surface area contributed by atoms with Crippen LogP contribution in [0.1, 0.15) is 38.5 Å². The molecule has 0 unspecified atom stereocenters. The molecular weight excluding hydrogens is 212 g/mol. The lowest BCUT2D eigenvalue weighted by Gasteiger charge is -2.39. The zero-order valence-corrected chi connectivity index (χ0v) is 10.5. The number of rotatable bonds is 3. The highest BCUT2D eigenvalue weighted by atomic mass is 16.2. The van der Waals surface area contributed by atoms with E-state index in [1.54, 1.807) is 0 Å². The van der Waals surface area contributed by atoms with Crippen LogP contribution in [0.15, 0.2) is 0 Å². The minimum atomic E-state index is 0.0605. The summed E-state index contributed by atoms with van der Waals surface area (Å²) in [7, 11) is 0. The number of hydrogen-bond donors (Lipinski definition) is 1. The topological polar surface area (TPSA) is 32.3 Å². The summed E-state index contributed by atoms with van der Waals surface area (Å²) in [6.45, 7) is 3.00. The van der Waals surface area contributed by atoms with E-state index in [0.717, 1.165) is 13.1 Å². The molecule has 1 aliphatic heterocycles. The van der Waals surface area contributed by atoms with Crippen molar-refractivity contribution in [2.45, 2.75) is 38.5 Å². The van der Waals surface area contributed by atoms with Crippen LogP contribution in [-0.2, 0) is 4.79 Å². The summed E-state index contributed by atoms with van der Waals surface area (Å²) in [4.78, 5) is 13.8. The summed E-state index contributed by atoms with van der Waals surface area (Å²) in [6, 6.07) is 0. The van der Waals surface area contributed by atoms with Crippen molar-refractivity contribution in [3.05, 3.63) is 0 Å². The fourth-order valence-corrected chi connectivity index (χ4v) is 3.22. The summed E-state index contributed by atoms with van der Waals surface area (Å²) >= 11 is 0. The number of likely N-dealkylation sites (tertiary alicyclic amines) is 1. The van der Waals surface area contributed by atoms with Gasteiger partial charge in [0.2, 0.25) is 5.91 Å². The molecule has 3 heteroatoms. The van der Waals surface area contributed by atoms with Crippen molar-refractivity contribution in [1.82, 2.24) is 10.2 Å². The zero-order valence-electron chi connectivity index (χ0n) is 10.5. The molecule has 0 aromatic rings. The molecule has 0 radical (unpaired) electrons. The molecule has 1 heterocycles. The van der Waals surface area contributed by atoms with Crippen molar-refractivity contribution in [3.8, 4) is 12.3 Å². The molecule has 1 amide bonds. The number of carbonyl (C=O) groups excluding carboxylic acids is 1. The quantitative estimate of drug-likeness (QED) is 0.749. The first kappa shape index (κ1) is 12.4. The van der Waals surface area contributed by atoms with Crippen LogP contribution in [-0.4, -0.2) is 37.0 Å². The highest BCUT2D eigenvalue weighted by molar-refractivity contribution is 5.78. The Balaban J connectivity index is 1.72. The van der Waals surface area contributed by atoms with Crippen LogP contribution in [0.5, 0.6) is 0 Å². The Morgan fingerprint density at radius 2 is 1.88 bits per heavy atom. The van der Waals surface area contributed by atoms with Gasteiger partial charge in [-0.25, -0.2) is 0 Å². The van der Waals surface area contributed by atoms with Crippen LogP contribution in [0.2, 0.25) is 0 Å². The summed E-state index contributed by atoms with van der Waals surface area (Å²) in [5.74, 6) is 2.49. The predicted octanol–water partition coefficient (Wildman–Crippen LogP) is 1.39. The van der Waals surface area contributed by atoms with E-state index in [4.69, 9.17) is 6.42 Å². The number of hydrogen-bond acceptors (Lipinski definition) is 2. The molecule has 0 aromatic carbocycles. The van der Waals surface area contributed by atoms with Crippen molar-refractivity contribution in [1.29, 1.82) is 0 Å². The van der Waals surface area contributed by atoms with Gasteiger partial charge in [0.25, 0.3) is 0 Å². The summed E-state index contributed by atoms with van der Waals surface area (Å²) in [6.07, 6.45) is 13.3. The summed E-state index contributed by atoms with van der Waals surface area (Å²) < 4.78 is 0. The minimum Gasteiger partial charge on any atom is -0.344 e. The van der Waals surface area contributed by atoms with Crippen molar-refractivity contribution >= 4 is 5.91 Å². The maximum atomic E-state index is 11.5. The van der Waals surface area contributed by atoms with E-state index in [1.165, 1.54) is 38.5 Å². The second kappa shape index (κ2) is 5.55. The lowest BCUT2D eigenvalue weighted by molar-refractivity contribution is -0.122. The molecule has 0 atom stereocenters. The zero-order chi connectivity index (χ0) is 12.1. The Morgan fingerprint density at radius 1 is 1.24 bits per heavy atom. The number of nitrogens with one attached hydrogen (secondary N) is 1. The highest BCUT2D eigenvalue weighted by Gasteiger charge is 2.36. The number of nitrogens with zero attached hydrogens (tertiary/aromatic N) is 1. The van der Waals surface area contributed by atoms with Crippen molar-refractivity contribution in [3.63, 3.8) is 0 Å². The number of terminal acetylenes is 1. The second-order valence-corrected chi connectivity index (χ2v) is 5.46. The smallest absolute Gasteiger partial charge is 0.234 e. The van der Waals surface area contributed by atoms with Gasteiger partial charge in [-0.2, -0.15) is 0 Å². The molecule has 2 aliphatic rings. The molecular formula is C14H22N2O. The third-order valence-corrected chi connectivity index (χ3v) is 4.34. The fraction of sp³-hybridized carbons (Fsp3) is 0.786. The molecule has 2 fully saturated rings. The van der Waals surface area contributed by atoms with Gasteiger partial charge in [-0.3, -0.25) is 9.69 Å². The predicted molar refractivity (Wildman–Crippen MR) is 68.4 cm³/mol. The van der Waals surface area contributed by atoms with Crippen LogP contribution in [0.25, 0.3) is 0 Å². The SMILES string of the molecule is C#CCNC(=O)CN1CCC2(CCCC2)CC1. The molecule has 1 aliphatic carbocycles. The molecule has 2 rings (SSSR count). The van der Waals surface area contributed by atoms with Crippen LogP contribution in [0.3, 0.4) is 0 Å². The molecule has 0 bridgehead atoms. The van der Waals surface area contributed by atoms with Gasteiger partial charge in [0.05, 0.1) is 13.1 Å². The van der Waals surface area contributed by atoms with Gasteiger partial charge in [0.1, 0.15) is 0 Å². The first-order valence-corrected chi connectivity index (χ1v) is 6.67. The summed E-state index contributed by atoms with van der Waals surface area (Å²) in [5, 5.41) is 2.72. The maximum absolute atomic E-state index is 11.5. The second-order valence-electron chi connectivity index (χ2n) is 5.46. The van der Waals surface area contributed by atoms with E-state index in [0.29, 0.717) is 18.5 Å². The average molecular weight is 234 g/mol. The minimum absolute atomic E-state index is 0.0605. The Hall–Kier alpha value is -1.01. The van der Waals surface area contributed by atoms with Gasteiger partial charge in [-0.15, -0.1) is 6.42 Å². The lowest BCUT2D eigenvalue weighted by Crippen LogP contribution is -2.44. The fourth-order valence-electron chi connectivity index (χ4n) is 3.22. The molecule has 1 saturated heterocycles. The normalized spacial score (nSPS) is 23.5. The Morgan fingerprint density at radius 3 is 2.47 bits per heavy atom. The maximum Gasteiger partial charge on any atom is 0.234 e. The third kappa shape index (κ3) is 3.23. The molecule has 1 spiro atoms. The van der Waals surface area contributed by atoms with E-state index in [1.807, 2.05) is 0 Å². The van der Waals surface area contributed by atoms with Gasteiger partial charge in [-0.1, -0.05) is 18.8 Å². The summed E-state index contributed by atoms with van der Waals surface area (Å²) in [5.41, 5.74) is 0.631. The Labute approximate surface area is 104 Å². The molecule has 1 N–H and O–H groups in total. The van der Waals surface area contributed by atoms with E-state index in [9.17, 15) is 4.79 Å². The average Bonchev–Trinajstić information content (AvgIpc) is 2.79. The van der Waals surface area contributed by atoms with Gasteiger partial charge in [0.15, 0.2) is 0 Å². The van der Waals surface area contributed by atoms with E-state index in [2.05, 4.69) is 16.1 Å². The van der Waals surface area contributed by atoms with Gasteiger partial charge >= 0.3 is 0 Å². The monoisotopic (exact) mass is 234 g/mol. The number of carbonyl (C=O) groups is 1.